The van der Waals surface area contributed by atoms with Gasteiger partial charge in [-0.05, 0) is 61.0 Å². The number of aromatic nitrogens is 3. The van der Waals surface area contributed by atoms with Crippen molar-refractivity contribution in [1.82, 2.24) is 19.2 Å². The number of likely N-dealkylation sites (tertiary alicyclic amines) is 1. The Morgan fingerprint density at radius 1 is 1.09 bits per heavy atom. The van der Waals surface area contributed by atoms with Gasteiger partial charge in [-0.3, -0.25) is 18.9 Å². The molecule has 1 saturated heterocycles. The third kappa shape index (κ3) is 3.81. The lowest BCUT2D eigenvalue weighted by Crippen LogP contribution is -2.26. The van der Waals surface area contributed by atoms with Gasteiger partial charge in [0, 0.05) is 47.5 Å². The molecule has 3 aromatic heterocycles. The summed E-state index contributed by atoms with van der Waals surface area (Å²) in [4.78, 5) is 15.5. The highest BCUT2D eigenvalue weighted by Gasteiger charge is 2.20. The molecule has 0 radical (unpaired) electrons. The first kappa shape index (κ1) is 21.2. The fourth-order valence-electron chi connectivity index (χ4n) is 4.65. The summed E-state index contributed by atoms with van der Waals surface area (Å²) in [5, 5.41) is 16.4. The molecule has 1 aliphatic rings. The van der Waals surface area contributed by atoms with Crippen molar-refractivity contribution in [2.75, 3.05) is 19.6 Å². The van der Waals surface area contributed by atoms with Crippen LogP contribution in [-0.2, 0) is 6.54 Å². The van der Waals surface area contributed by atoms with E-state index >= 15 is 0 Å². The molecule has 8 heteroatoms. The number of β-amino-alcohol motifs (C(OH)–C–C–N with tert-alkyl or cyclic N) is 1. The first-order valence-electron chi connectivity index (χ1n) is 11.3. The molecule has 0 unspecified atom stereocenters. The standard InChI is InChI=1S/C26H23ClN4O3/c27-19-3-1-17(2-4-19)25-14-22-24(34-25)8-10-30(26(22)33)20-5-6-23-18(13-20)15-28-31(23)12-11-29-9-7-21(32)16-29/h1-6,8,10,13-15,21,32H,7,9,11-12,16H2/t21-/m0/s1. The molecule has 1 atom stereocenters. The first-order valence-corrected chi connectivity index (χ1v) is 11.7. The smallest absolute Gasteiger partial charge is 0.266 e. The van der Waals surface area contributed by atoms with E-state index in [1.807, 2.05) is 47.3 Å². The van der Waals surface area contributed by atoms with Gasteiger partial charge >= 0.3 is 0 Å². The highest BCUT2D eigenvalue weighted by atomic mass is 35.5. The van der Waals surface area contributed by atoms with Crippen LogP contribution in [-0.4, -0.2) is 50.1 Å². The quantitative estimate of drug-likeness (QED) is 0.410. The second-order valence-corrected chi connectivity index (χ2v) is 9.18. The molecule has 172 valence electrons. The van der Waals surface area contributed by atoms with Crippen molar-refractivity contribution in [2.24, 2.45) is 0 Å². The monoisotopic (exact) mass is 474 g/mol. The number of rotatable bonds is 5. The van der Waals surface area contributed by atoms with Crippen LogP contribution in [0.2, 0.25) is 5.02 Å². The lowest BCUT2D eigenvalue weighted by atomic mass is 10.1. The van der Waals surface area contributed by atoms with Gasteiger partial charge in [0.2, 0.25) is 0 Å². The molecule has 1 fully saturated rings. The van der Waals surface area contributed by atoms with Crippen LogP contribution in [0.4, 0.5) is 0 Å². The van der Waals surface area contributed by atoms with Gasteiger partial charge < -0.3 is 9.52 Å². The Morgan fingerprint density at radius 3 is 2.74 bits per heavy atom. The molecule has 0 aliphatic carbocycles. The molecule has 6 rings (SSSR count). The average Bonchev–Trinajstić information content (AvgIpc) is 3.56. The molecular formula is C26H23ClN4O3. The van der Waals surface area contributed by atoms with Gasteiger partial charge in [0.05, 0.1) is 29.7 Å². The number of benzene rings is 2. The lowest BCUT2D eigenvalue weighted by molar-refractivity contribution is 0.175. The Kier molecular flexibility index (Phi) is 5.25. The first-order chi connectivity index (χ1) is 16.5. The number of pyridine rings is 1. The normalized spacial score (nSPS) is 16.7. The molecule has 1 N–H and O–H groups in total. The number of halogens is 1. The van der Waals surface area contributed by atoms with E-state index in [-0.39, 0.29) is 11.7 Å². The van der Waals surface area contributed by atoms with Crippen LogP contribution >= 0.6 is 11.6 Å². The highest BCUT2D eigenvalue weighted by molar-refractivity contribution is 6.30. The van der Waals surface area contributed by atoms with Gasteiger partial charge in [-0.1, -0.05) is 11.6 Å². The van der Waals surface area contributed by atoms with Crippen molar-refractivity contribution in [3.63, 3.8) is 0 Å². The minimum atomic E-state index is -0.218. The molecule has 0 saturated carbocycles. The van der Waals surface area contributed by atoms with Gasteiger partial charge in [0.25, 0.3) is 5.56 Å². The zero-order valence-corrected chi connectivity index (χ0v) is 19.2. The van der Waals surface area contributed by atoms with Crippen LogP contribution < -0.4 is 5.56 Å². The fourth-order valence-corrected chi connectivity index (χ4v) is 4.78. The predicted octanol–water partition coefficient (Wildman–Crippen LogP) is 4.32. The molecule has 34 heavy (non-hydrogen) atoms. The molecule has 7 nitrogen and oxygen atoms in total. The van der Waals surface area contributed by atoms with Crippen LogP contribution in [0.25, 0.3) is 38.9 Å². The van der Waals surface area contributed by atoms with Gasteiger partial charge in [-0.15, -0.1) is 0 Å². The largest absolute Gasteiger partial charge is 0.456 e. The second-order valence-electron chi connectivity index (χ2n) is 8.74. The number of aliphatic hydroxyl groups excluding tert-OH is 1. The maximum Gasteiger partial charge on any atom is 0.266 e. The summed E-state index contributed by atoms with van der Waals surface area (Å²) in [5.41, 5.74) is 3.07. The highest BCUT2D eigenvalue weighted by Crippen LogP contribution is 2.28. The second kappa shape index (κ2) is 8.43. The predicted molar refractivity (Wildman–Crippen MR) is 133 cm³/mol. The average molecular weight is 475 g/mol. The zero-order chi connectivity index (χ0) is 23.2. The molecule has 0 amide bonds. The summed E-state index contributed by atoms with van der Waals surface area (Å²) in [6, 6.07) is 16.9. The van der Waals surface area contributed by atoms with Crippen molar-refractivity contribution >= 4 is 33.5 Å². The SMILES string of the molecule is O=c1c2cc(-c3ccc(Cl)cc3)oc2ccn1-c1ccc2c(cnn2CCN2CC[C@H](O)C2)c1. The van der Waals surface area contributed by atoms with E-state index in [4.69, 9.17) is 16.0 Å². The Bertz CT molecular complexity index is 1550. The van der Waals surface area contributed by atoms with Crippen molar-refractivity contribution < 1.29 is 9.52 Å². The third-order valence-corrected chi connectivity index (χ3v) is 6.74. The number of hydrogen-bond donors (Lipinski definition) is 1. The van der Waals surface area contributed by atoms with Gasteiger partial charge in [0.1, 0.15) is 11.3 Å². The number of nitrogens with zero attached hydrogens (tertiary/aromatic N) is 4. The van der Waals surface area contributed by atoms with E-state index in [2.05, 4.69) is 10.00 Å². The van der Waals surface area contributed by atoms with Crippen LogP contribution in [0.5, 0.6) is 0 Å². The maximum absolute atomic E-state index is 13.3. The third-order valence-electron chi connectivity index (χ3n) is 6.49. The van der Waals surface area contributed by atoms with Crippen molar-refractivity contribution in [3.05, 3.63) is 82.4 Å². The van der Waals surface area contributed by atoms with Gasteiger partial charge in [0.15, 0.2) is 0 Å². The van der Waals surface area contributed by atoms with E-state index < -0.39 is 0 Å². The molecule has 1 aliphatic heterocycles. The van der Waals surface area contributed by atoms with E-state index in [1.54, 1.807) is 29.0 Å². The summed E-state index contributed by atoms with van der Waals surface area (Å²) in [6.45, 7) is 3.25. The van der Waals surface area contributed by atoms with E-state index in [1.165, 1.54) is 0 Å². The van der Waals surface area contributed by atoms with E-state index in [0.717, 1.165) is 54.8 Å². The number of furan rings is 1. The van der Waals surface area contributed by atoms with Crippen LogP contribution in [0, 0.1) is 0 Å². The minimum Gasteiger partial charge on any atom is -0.456 e. The Balaban J connectivity index is 1.30. The number of hydrogen-bond acceptors (Lipinski definition) is 5. The van der Waals surface area contributed by atoms with Crippen LogP contribution in [0.15, 0.2) is 76.2 Å². The summed E-state index contributed by atoms with van der Waals surface area (Å²) >= 11 is 5.99. The van der Waals surface area contributed by atoms with Gasteiger partial charge in [-0.2, -0.15) is 5.10 Å². The van der Waals surface area contributed by atoms with Crippen molar-refractivity contribution in [2.45, 2.75) is 19.1 Å². The summed E-state index contributed by atoms with van der Waals surface area (Å²) in [5.74, 6) is 0.628. The molecule has 0 spiro atoms. The minimum absolute atomic E-state index is 0.138. The maximum atomic E-state index is 13.3. The zero-order valence-electron chi connectivity index (χ0n) is 18.4. The molecular weight excluding hydrogens is 452 g/mol. The summed E-state index contributed by atoms with van der Waals surface area (Å²) in [7, 11) is 0. The number of fused-ring (bicyclic) bond motifs is 2. The lowest BCUT2D eigenvalue weighted by Gasteiger charge is -2.15. The van der Waals surface area contributed by atoms with Crippen LogP contribution in [0.3, 0.4) is 0 Å². The van der Waals surface area contributed by atoms with Crippen LogP contribution in [0.1, 0.15) is 6.42 Å². The Hall–Kier alpha value is -3.39. The van der Waals surface area contributed by atoms with Crippen molar-refractivity contribution in [3.8, 4) is 17.0 Å². The topological polar surface area (TPSA) is 76.4 Å². The van der Waals surface area contributed by atoms with E-state index in [9.17, 15) is 9.90 Å². The summed E-state index contributed by atoms with van der Waals surface area (Å²) < 4.78 is 9.53. The van der Waals surface area contributed by atoms with Crippen molar-refractivity contribution in [1.29, 1.82) is 0 Å². The molecule has 5 aromatic rings. The molecule has 4 heterocycles. The number of aliphatic hydroxyl groups is 1. The fraction of sp³-hybridized carbons (Fsp3) is 0.231. The molecule has 2 aromatic carbocycles. The van der Waals surface area contributed by atoms with E-state index in [0.29, 0.717) is 21.8 Å². The molecule has 0 bridgehead atoms. The summed E-state index contributed by atoms with van der Waals surface area (Å²) in [6.07, 6.45) is 4.19. The van der Waals surface area contributed by atoms with Gasteiger partial charge in [-0.25, -0.2) is 0 Å². The Morgan fingerprint density at radius 2 is 1.94 bits per heavy atom. The Labute approximate surface area is 200 Å².